The summed E-state index contributed by atoms with van der Waals surface area (Å²) >= 11 is 3.21. The van der Waals surface area contributed by atoms with Crippen molar-refractivity contribution in [1.29, 1.82) is 5.26 Å². The van der Waals surface area contributed by atoms with E-state index in [-0.39, 0.29) is 17.3 Å². The summed E-state index contributed by atoms with van der Waals surface area (Å²) in [4.78, 5) is 12.5. The van der Waals surface area contributed by atoms with Gasteiger partial charge in [-0.3, -0.25) is 4.79 Å². The van der Waals surface area contributed by atoms with E-state index >= 15 is 0 Å². The number of likely N-dealkylation sites (tertiary alicyclic amines) is 1. The predicted octanol–water partition coefficient (Wildman–Crippen LogP) is 0.506. The number of nitrogens with zero attached hydrogens (tertiary/aromatic N) is 2. The third-order valence-electron chi connectivity index (χ3n) is 1.49. The first-order chi connectivity index (χ1) is 4.75. The molecule has 1 unspecified atom stereocenters. The summed E-state index contributed by atoms with van der Waals surface area (Å²) in [6.07, 6.45) is 0.820. The molecule has 1 aliphatic heterocycles. The van der Waals surface area contributed by atoms with Gasteiger partial charge in [-0.05, 0) is 6.42 Å². The van der Waals surface area contributed by atoms with Crippen LogP contribution in [0.3, 0.4) is 0 Å². The summed E-state index contributed by atoms with van der Waals surface area (Å²) in [5.74, 6) is 0.0431. The second-order valence-electron chi connectivity index (χ2n) is 2.17. The van der Waals surface area contributed by atoms with E-state index < -0.39 is 0 Å². The minimum absolute atomic E-state index is 0.0431. The van der Waals surface area contributed by atoms with Crippen LogP contribution in [0.2, 0.25) is 0 Å². The molecule has 0 N–H and O–H groups in total. The molecule has 1 heterocycles. The monoisotopic (exact) mass is 202 g/mol. The molecule has 1 atom stereocenters. The average Bonchev–Trinajstić information content (AvgIpc) is 2.20. The predicted molar refractivity (Wildman–Crippen MR) is 39.5 cm³/mol. The zero-order valence-corrected chi connectivity index (χ0v) is 6.97. The van der Waals surface area contributed by atoms with E-state index in [2.05, 4.69) is 15.9 Å². The Morgan fingerprint density at radius 1 is 1.90 bits per heavy atom. The van der Waals surface area contributed by atoms with Gasteiger partial charge in [0.1, 0.15) is 6.54 Å². The van der Waals surface area contributed by atoms with Crippen molar-refractivity contribution >= 4 is 21.8 Å². The highest BCUT2D eigenvalue weighted by molar-refractivity contribution is 9.10. The number of hydrogen-bond acceptors (Lipinski definition) is 2. The van der Waals surface area contributed by atoms with E-state index in [0.29, 0.717) is 6.54 Å². The fraction of sp³-hybridized carbons (Fsp3) is 0.667. The van der Waals surface area contributed by atoms with Crippen LogP contribution in [0.15, 0.2) is 0 Å². The lowest BCUT2D eigenvalue weighted by atomic mass is 10.4. The van der Waals surface area contributed by atoms with Crippen molar-refractivity contribution in [2.75, 3.05) is 13.1 Å². The van der Waals surface area contributed by atoms with Crippen molar-refractivity contribution in [2.24, 2.45) is 0 Å². The average molecular weight is 203 g/mol. The van der Waals surface area contributed by atoms with Crippen molar-refractivity contribution in [3.63, 3.8) is 0 Å². The number of carbonyl (C=O) groups is 1. The molecule has 1 rings (SSSR count). The molecule has 1 saturated heterocycles. The van der Waals surface area contributed by atoms with Gasteiger partial charge in [-0.25, -0.2) is 0 Å². The number of halogens is 1. The van der Waals surface area contributed by atoms with Crippen LogP contribution in [-0.2, 0) is 4.79 Å². The molecule has 1 fully saturated rings. The Hall–Kier alpha value is -0.560. The van der Waals surface area contributed by atoms with Crippen LogP contribution >= 0.6 is 15.9 Å². The summed E-state index contributed by atoms with van der Waals surface area (Å²) in [5.41, 5.74) is 0. The number of nitriles is 1. The number of hydrogen-bond donors (Lipinski definition) is 0. The molecule has 10 heavy (non-hydrogen) atoms. The molecule has 0 radical (unpaired) electrons. The van der Waals surface area contributed by atoms with E-state index in [0.717, 1.165) is 6.42 Å². The first-order valence-electron chi connectivity index (χ1n) is 3.05. The fourth-order valence-electron chi connectivity index (χ4n) is 0.943. The molecule has 54 valence electrons. The lowest BCUT2D eigenvalue weighted by molar-refractivity contribution is -0.126. The second kappa shape index (κ2) is 3.02. The highest BCUT2D eigenvalue weighted by atomic mass is 79.9. The summed E-state index contributed by atoms with van der Waals surface area (Å²) in [5, 5.41) is 8.27. The summed E-state index contributed by atoms with van der Waals surface area (Å²) in [6.45, 7) is 0.934. The highest BCUT2D eigenvalue weighted by Crippen LogP contribution is 2.17. The lowest BCUT2D eigenvalue weighted by Crippen LogP contribution is -2.27. The summed E-state index contributed by atoms with van der Waals surface area (Å²) in [6, 6.07) is 1.94. The molecule has 3 nitrogen and oxygen atoms in total. The molecule has 1 aliphatic rings. The summed E-state index contributed by atoms with van der Waals surface area (Å²) in [7, 11) is 0. The maximum Gasteiger partial charge on any atom is 0.237 e. The molecule has 0 aliphatic carbocycles. The van der Waals surface area contributed by atoms with Crippen LogP contribution in [-0.4, -0.2) is 28.7 Å². The van der Waals surface area contributed by atoms with Gasteiger partial charge < -0.3 is 4.90 Å². The minimum atomic E-state index is -0.0548. The topological polar surface area (TPSA) is 44.1 Å². The van der Waals surface area contributed by atoms with Crippen LogP contribution in [0, 0.1) is 11.3 Å². The molecule has 0 spiro atoms. The summed E-state index contributed by atoms with van der Waals surface area (Å²) < 4.78 is 0. The Bertz CT molecular complexity index is 187. The van der Waals surface area contributed by atoms with Crippen LogP contribution in [0.25, 0.3) is 0 Å². The van der Waals surface area contributed by atoms with Crippen LogP contribution in [0.4, 0.5) is 0 Å². The first-order valence-corrected chi connectivity index (χ1v) is 3.97. The van der Waals surface area contributed by atoms with Gasteiger partial charge in [-0.15, -0.1) is 0 Å². The molecule has 0 aromatic rings. The van der Waals surface area contributed by atoms with E-state index in [4.69, 9.17) is 5.26 Å². The zero-order chi connectivity index (χ0) is 7.56. The van der Waals surface area contributed by atoms with Crippen molar-refractivity contribution in [3.05, 3.63) is 0 Å². The molecule has 0 aromatic heterocycles. The second-order valence-corrected chi connectivity index (χ2v) is 3.28. The van der Waals surface area contributed by atoms with E-state index in [9.17, 15) is 4.79 Å². The van der Waals surface area contributed by atoms with Crippen LogP contribution in [0.1, 0.15) is 6.42 Å². The SMILES string of the molecule is N#CCN1CCC(Br)C1=O. The van der Waals surface area contributed by atoms with Crippen molar-refractivity contribution in [1.82, 2.24) is 4.90 Å². The van der Waals surface area contributed by atoms with E-state index in [1.54, 1.807) is 4.90 Å². The Balaban J connectivity index is 2.51. The number of alkyl halides is 1. The first kappa shape index (κ1) is 7.55. The molecule has 4 heteroatoms. The largest absolute Gasteiger partial charge is 0.328 e. The van der Waals surface area contributed by atoms with Gasteiger partial charge in [-0.1, -0.05) is 15.9 Å². The van der Waals surface area contributed by atoms with E-state index in [1.165, 1.54) is 0 Å². The molecular weight excluding hydrogens is 196 g/mol. The molecular formula is C6H7BrN2O. The smallest absolute Gasteiger partial charge is 0.237 e. The molecule has 1 amide bonds. The maximum atomic E-state index is 11.0. The number of rotatable bonds is 1. The number of amides is 1. The third kappa shape index (κ3) is 1.29. The Labute approximate surface area is 67.7 Å². The van der Waals surface area contributed by atoms with Crippen molar-refractivity contribution < 1.29 is 4.79 Å². The standard InChI is InChI=1S/C6H7BrN2O/c7-5-1-3-9(4-2-8)6(5)10/h5H,1,3-4H2. The van der Waals surface area contributed by atoms with Gasteiger partial charge in [0, 0.05) is 6.54 Å². The van der Waals surface area contributed by atoms with Gasteiger partial charge in [-0.2, -0.15) is 5.26 Å². The Morgan fingerprint density at radius 3 is 3.00 bits per heavy atom. The normalized spacial score (nSPS) is 25.0. The van der Waals surface area contributed by atoms with E-state index in [1.807, 2.05) is 6.07 Å². The molecule has 0 bridgehead atoms. The highest BCUT2D eigenvalue weighted by Gasteiger charge is 2.28. The number of carbonyl (C=O) groups excluding carboxylic acids is 1. The minimum Gasteiger partial charge on any atom is -0.328 e. The Kier molecular flexibility index (Phi) is 2.28. The van der Waals surface area contributed by atoms with Gasteiger partial charge in [0.2, 0.25) is 5.91 Å². The molecule has 0 aromatic carbocycles. The Morgan fingerprint density at radius 2 is 2.60 bits per heavy atom. The van der Waals surface area contributed by atoms with Gasteiger partial charge >= 0.3 is 0 Å². The van der Waals surface area contributed by atoms with Crippen molar-refractivity contribution in [2.45, 2.75) is 11.2 Å². The zero-order valence-electron chi connectivity index (χ0n) is 5.38. The van der Waals surface area contributed by atoms with Gasteiger partial charge in [0.05, 0.1) is 10.9 Å². The van der Waals surface area contributed by atoms with Gasteiger partial charge in [0.25, 0.3) is 0 Å². The van der Waals surface area contributed by atoms with Gasteiger partial charge in [0.15, 0.2) is 0 Å². The quantitative estimate of drug-likeness (QED) is 0.460. The van der Waals surface area contributed by atoms with Crippen LogP contribution < -0.4 is 0 Å². The molecule has 0 saturated carbocycles. The lowest BCUT2D eigenvalue weighted by Gasteiger charge is -2.09. The van der Waals surface area contributed by atoms with Crippen molar-refractivity contribution in [3.8, 4) is 6.07 Å². The van der Waals surface area contributed by atoms with Crippen LogP contribution in [0.5, 0.6) is 0 Å². The fourth-order valence-corrected chi connectivity index (χ4v) is 1.44. The third-order valence-corrected chi connectivity index (χ3v) is 2.34. The maximum absolute atomic E-state index is 11.0.